The molecule has 1 amide bonds. The number of hydrogen-bond donors (Lipinski definition) is 3. The number of nitrogens with one attached hydrogen (secondary N) is 1. The second kappa shape index (κ2) is 8.28. The van der Waals surface area contributed by atoms with Crippen LogP contribution in [-0.2, 0) is 0 Å². The molecule has 1 unspecified atom stereocenters. The van der Waals surface area contributed by atoms with E-state index in [9.17, 15) is 4.79 Å². The number of hydrogen-bond acceptors (Lipinski definition) is 7. The molecule has 0 aliphatic carbocycles. The molecule has 1 atom stereocenters. The molecule has 0 spiro atoms. The Morgan fingerprint density at radius 1 is 1.33 bits per heavy atom. The van der Waals surface area contributed by atoms with Gasteiger partial charge in [-0.05, 0) is 0 Å². The van der Waals surface area contributed by atoms with Crippen LogP contribution in [0.15, 0.2) is 36.8 Å². The van der Waals surface area contributed by atoms with Crippen LogP contribution in [0, 0.1) is 6.92 Å². The van der Waals surface area contributed by atoms with Crippen molar-refractivity contribution >= 4 is 36.4 Å². The van der Waals surface area contributed by atoms with Gasteiger partial charge in [-0.2, -0.15) is 0 Å². The molecular weight excluding hydrogens is 407 g/mol. The van der Waals surface area contributed by atoms with Crippen LogP contribution in [0.4, 0.5) is 5.95 Å². The van der Waals surface area contributed by atoms with Crippen LogP contribution in [0.2, 0.25) is 0 Å². The predicted molar refractivity (Wildman–Crippen MR) is 104 cm³/mol. The number of anilines is 1. The summed E-state index contributed by atoms with van der Waals surface area (Å²) in [4.78, 5) is 22.0. The van der Waals surface area contributed by atoms with E-state index in [0.717, 1.165) is 15.6 Å². The molecule has 10 heteroatoms. The number of carbonyl (C=O) groups is 1. The standard InChI is InChI=1S/C17H20AsN8O/c1-10-3-4-12(7-14(10)26-23-5-6-24-26)18-15-13(16(20)27)9-22-17(25-15)21-8-11(2)19/h3-7,9,11H,8,19H2,1-2H3,(H2,20,27)(H,21,22,25). The second-order valence-electron chi connectivity index (χ2n) is 6.05. The van der Waals surface area contributed by atoms with Gasteiger partial charge in [-0.1, -0.05) is 0 Å². The monoisotopic (exact) mass is 427 g/mol. The van der Waals surface area contributed by atoms with Crippen LogP contribution in [0.5, 0.6) is 0 Å². The summed E-state index contributed by atoms with van der Waals surface area (Å²) in [6.45, 7) is 4.41. The topological polar surface area (TPSA) is 138 Å². The number of aromatic nitrogens is 5. The van der Waals surface area contributed by atoms with Gasteiger partial charge in [0.2, 0.25) is 0 Å². The van der Waals surface area contributed by atoms with Crippen molar-refractivity contribution in [3.63, 3.8) is 0 Å². The van der Waals surface area contributed by atoms with Crippen molar-refractivity contribution in [3.05, 3.63) is 47.9 Å². The number of amides is 1. The Hall–Kier alpha value is -2.77. The van der Waals surface area contributed by atoms with Gasteiger partial charge in [0, 0.05) is 0 Å². The van der Waals surface area contributed by atoms with Crippen molar-refractivity contribution in [1.29, 1.82) is 0 Å². The first kappa shape index (κ1) is 19.0. The van der Waals surface area contributed by atoms with E-state index in [4.69, 9.17) is 11.5 Å². The molecule has 9 nitrogen and oxygen atoms in total. The van der Waals surface area contributed by atoms with Crippen molar-refractivity contribution in [2.45, 2.75) is 19.9 Å². The van der Waals surface area contributed by atoms with Crippen molar-refractivity contribution in [2.75, 3.05) is 11.9 Å². The van der Waals surface area contributed by atoms with Gasteiger partial charge in [0.15, 0.2) is 0 Å². The molecule has 0 aliphatic heterocycles. The molecule has 0 bridgehead atoms. The molecule has 139 valence electrons. The van der Waals surface area contributed by atoms with E-state index in [1.165, 1.54) is 6.20 Å². The molecule has 27 heavy (non-hydrogen) atoms. The third kappa shape index (κ3) is 4.69. The van der Waals surface area contributed by atoms with E-state index in [0.29, 0.717) is 22.5 Å². The van der Waals surface area contributed by atoms with E-state index in [2.05, 4.69) is 25.5 Å². The first-order chi connectivity index (χ1) is 12.9. The van der Waals surface area contributed by atoms with Crippen LogP contribution in [0.3, 0.4) is 0 Å². The van der Waals surface area contributed by atoms with Gasteiger partial charge in [0.1, 0.15) is 0 Å². The van der Waals surface area contributed by atoms with Crippen LogP contribution in [0.1, 0.15) is 22.8 Å². The normalized spacial score (nSPS) is 12.4. The number of primary amides is 1. The summed E-state index contributed by atoms with van der Waals surface area (Å²) in [7, 11) is 0. The second-order valence-corrected chi connectivity index (χ2v) is 8.50. The zero-order valence-corrected chi connectivity index (χ0v) is 16.9. The van der Waals surface area contributed by atoms with Gasteiger partial charge in [-0.15, -0.1) is 0 Å². The quantitative estimate of drug-likeness (QED) is 0.406. The molecule has 3 rings (SSSR count). The van der Waals surface area contributed by atoms with E-state index in [1.54, 1.807) is 17.2 Å². The zero-order chi connectivity index (χ0) is 19.4. The number of nitrogens with zero attached hydrogens (tertiary/aromatic N) is 5. The Morgan fingerprint density at radius 2 is 2.07 bits per heavy atom. The number of rotatable bonds is 7. The molecule has 0 saturated heterocycles. The average molecular weight is 427 g/mol. The van der Waals surface area contributed by atoms with Crippen LogP contribution >= 0.6 is 0 Å². The van der Waals surface area contributed by atoms with Crippen LogP contribution in [-0.4, -0.2) is 59.2 Å². The summed E-state index contributed by atoms with van der Waals surface area (Å²) >= 11 is -0.594. The van der Waals surface area contributed by atoms with E-state index in [-0.39, 0.29) is 6.04 Å². The fourth-order valence-corrected chi connectivity index (χ4v) is 4.44. The van der Waals surface area contributed by atoms with Gasteiger partial charge in [0.25, 0.3) is 0 Å². The summed E-state index contributed by atoms with van der Waals surface area (Å²) in [6.07, 6.45) is 4.73. The first-order valence-corrected chi connectivity index (χ1v) is 10.2. The van der Waals surface area contributed by atoms with Gasteiger partial charge in [-0.3, -0.25) is 0 Å². The molecule has 2 aromatic heterocycles. The maximum absolute atomic E-state index is 11.8. The molecule has 1 radical (unpaired) electrons. The SMILES string of the molecule is Cc1ccc([As]c2nc(NCC(C)N)ncc2C(N)=O)cc1-n1nccn1. The molecule has 2 heterocycles. The molecule has 5 N–H and O–H groups in total. The van der Waals surface area contributed by atoms with Crippen LogP contribution < -0.4 is 25.6 Å². The summed E-state index contributed by atoms with van der Waals surface area (Å²) in [5, 5.41) is 11.5. The average Bonchev–Trinajstić information content (AvgIpc) is 3.16. The third-order valence-electron chi connectivity index (χ3n) is 3.68. The number of benzene rings is 1. The number of nitrogens with two attached hydrogens (primary N) is 2. The number of carbonyl (C=O) groups excluding carboxylic acids is 1. The van der Waals surface area contributed by atoms with Gasteiger partial charge >= 0.3 is 163 Å². The molecule has 1 aromatic carbocycles. The Labute approximate surface area is 163 Å². The molecular formula is C17H20AsN8O. The predicted octanol–water partition coefficient (Wildman–Crippen LogP) is -1.12. The molecule has 0 fully saturated rings. The zero-order valence-electron chi connectivity index (χ0n) is 15.0. The molecule has 3 aromatic rings. The fraction of sp³-hybridized carbons (Fsp3) is 0.235. The number of aryl methyl sites for hydroxylation is 1. The summed E-state index contributed by atoms with van der Waals surface area (Å²) < 4.78 is 1.69. The minimum absolute atomic E-state index is 0.0395. The Bertz CT molecular complexity index is 942. The summed E-state index contributed by atoms with van der Waals surface area (Å²) in [5.41, 5.74) is 13.5. The first-order valence-electron chi connectivity index (χ1n) is 8.29. The third-order valence-corrected chi connectivity index (χ3v) is 5.96. The Balaban J connectivity index is 1.93. The van der Waals surface area contributed by atoms with Gasteiger partial charge in [-0.25, -0.2) is 0 Å². The molecule has 0 aliphatic rings. The minimum atomic E-state index is -0.594. The van der Waals surface area contributed by atoms with Crippen molar-refractivity contribution in [3.8, 4) is 5.69 Å². The maximum atomic E-state index is 11.8. The van der Waals surface area contributed by atoms with Crippen molar-refractivity contribution < 1.29 is 4.79 Å². The van der Waals surface area contributed by atoms with E-state index < -0.39 is 21.7 Å². The summed E-state index contributed by atoms with van der Waals surface area (Å²) in [5.74, 6) is -0.108. The van der Waals surface area contributed by atoms with Gasteiger partial charge in [0.05, 0.1) is 0 Å². The van der Waals surface area contributed by atoms with E-state index >= 15 is 0 Å². The van der Waals surface area contributed by atoms with Crippen molar-refractivity contribution in [2.24, 2.45) is 11.5 Å². The van der Waals surface area contributed by atoms with E-state index in [1.807, 2.05) is 32.0 Å². The van der Waals surface area contributed by atoms with Gasteiger partial charge < -0.3 is 0 Å². The van der Waals surface area contributed by atoms with Crippen molar-refractivity contribution in [1.82, 2.24) is 25.0 Å². The fourth-order valence-electron chi connectivity index (χ4n) is 2.31. The Kier molecular flexibility index (Phi) is 5.83. The summed E-state index contributed by atoms with van der Waals surface area (Å²) in [6, 6.07) is 5.99. The van der Waals surface area contributed by atoms with Crippen LogP contribution in [0.25, 0.3) is 5.69 Å². The Morgan fingerprint density at radius 3 is 2.74 bits per heavy atom. The molecule has 0 saturated carbocycles.